The van der Waals surface area contributed by atoms with E-state index in [-0.39, 0.29) is 13.2 Å². The molecule has 0 spiro atoms. The number of carbonyl (C=O) groups is 2. The number of aromatic amines is 1. The van der Waals surface area contributed by atoms with E-state index in [1.807, 2.05) is 109 Å². The van der Waals surface area contributed by atoms with Crippen LogP contribution >= 0.6 is 7.82 Å². The monoisotopic (exact) mass is 659 g/mol. The van der Waals surface area contributed by atoms with Crippen LogP contribution in [-0.4, -0.2) is 33.0 Å². The molecule has 2 aromatic heterocycles. The molecule has 2 atom stereocenters. The summed E-state index contributed by atoms with van der Waals surface area (Å²) in [5.41, 5.74) is 6.28. The molecule has 0 unspecified atom stereocenters. The van der Waals surface area contributed by atoms with E-state index in [1.54, 1.807) is 0 Å². The van der Waals surface area contributed by atoms with Crippen molar-refractivity contribution in [2.45, 2.75) is 44.4 Å². The summed E-state index contributed by atoms with van der Waals surface area (Å²) >= 11 is 0. The van der Waals surface area contributed by atoms with Gasteiger partial charge in [-0.25, -0.2) is 4.57 Å². The third kappa shape index (κ3) is 5.59. The zero-order chi connectivity index (χ0) is 32.7. The Morgan fingerprint density at radius 3 is 2.04 bits per heavy atom. The Labute approximate surface area is 277 Å². The average Bonchev–Trinajstić information content (AvgIpc) is 3.79. The Morgan fingerprint density at radius 2 is 1.33 bits per heavy atom. The average molecular weight is 660 g/mol. The number of hydrogen-bond donors (Lipinski definition) is 1. The maximum atomic E-state index is 14.5. The molecule has 48 heavy (non-hydrogen) atoms. The minimum Gasteiger partial charge on any atom is -0.361 e. The quantitative estimate of drug-likeness (QED) is 0.112. The summed E-state index contributed by atoms with van der Waals surface area (Å²) in [6.07, 6.45) is 5.82. The highest BCUT2D eigenvalue weighted by atomic mass is 31.2. The lowest BCUT2D eigenvalue weighted by Gasteiger charge is -2.21. The number of nitrogens with zero attached hydrogens (tertiary/aromatic N) is 2. The molecule has 6 aromatic rings. The lowest BCUT2D eigenvalue weighted by Crippen LogP contribution is -2.33. The van der Waals surface area contributed by atoms with Gasteiger partial charge in [0.25, 0.3) is 0 Å². The maximum Gasteiger partial charge on any atom is 0.477 e. The smallest absolute Gasteiger partial charge is 0.361 e. The molecule has 8 rings (SSSR count). The highest BCUT2D eigenvalue weighted by Crippen LogP contribution is 2.53. The van der Waals surface area contributed by atoms with E-state index in [2.05, 4.69) is 15.6 Å². The standard InChI is InChI=1S/C38H34N3O6P/c42-37-34(31-21-39-33-19-8-7-17-29(31)33)35(32-22-40-20-10-16-28-15-9-18-30(32)36(28)40)38(43)41(37)25-47-48(44,45-23-26-11-3-1-4-12-26)46-24-27-13-5-2-6-14-27/h1-9,11-15,17-19,21-22,34-35,39H,10,16,20,23-25H2/t34-,35-/m1/s1. The number of hydrogen-bond acceptors (Lipinski definition) is 6. The largest absolute Gasteiger partial charge is 0.477 e. The fourth-order valence-corrected chi connectivity index (χ4v) is 8.16. The number of phosphoric ester groups is 1. The molecule has 1 N–H and O–H groups in total. The van der Waals surface area contributed by atoms with E-state index < -0.39 is 38.2 Å². The first-order valence-corrected chi connectivity index (χ1v) is 17.6. The molecule has 1 saturated heterocycles. The number of amides is 2. The van der Waals surface area contributed by atoms with Crippen LogP contribution in [0.15, 0.2) is 116 Å². The Balaban J connectivity index is 1.14. The SMILES string of the molecule is O=C1[C@H](c2c[nH]c3ccccc23)[C@@H](c2cn3c4c(cccc24)CCC3)C(=O)N1COP(=O)(OCc1ccccc1)OCc1ccccc1. The van der Waals surface area contributed by atoms with E-state index in [4.69, 9.17) is 13.6 Å². The third-order valence-electron chi connectivity index (χ3n) is 9.36. The summed E-state index contributed by atoms with van der Waals surface area (Å²) in [5.74, 6) is -2.49. The fraction of sp³-hybridized carbons (Fsp3) is 0.211. The number of para-hydroxylation sites is 2. The second-order valence-electron chi connectivity index (χ2n) is 12.3. The number of likely N-dealkylation sites (tertiary alicyclic amines) is 1. The summed E-state index contributed by atoms with van der Waals surface area (Å²) in [6.45, 7) is 0.167. The molecule has 0 saturated carbocycles. The van der Waals surface area contributed by atoms with Crippen LogP contribution in [0.1, 0.15) is 46.1 Å². The van der Waals surface area contributed by atoms with Gasteiger partial charge in [0.15, 0.2) is 0 Å². The summed E-state index contributed by atoms with van der Waals surface area (Å²) in [5, 5.41) is 1.84. The number of aromatic nitrogens is 2. The summed E-state index contributed by atoms with van der Waals surface area (Å²) < 4.78 is 33.7. The lowest BCUT2D eigenvalue weighted by molar-refractivity contribution is -0.142. The van der Waals surface area contributed by atoms with Crippen molar-refractivity contribution in [3.05, 3.63) is 143 Å². The number of rotatable bonds is 11. The van der Waals surface area contributed by atoms with Gasteiger partial charge in [0, 0.05) is 35.2 Å². The van der Waals surface area contributed by atoms with Gasteiger partial charge in [-0.05, 0) is 46.7 Å². The van der Waals surface area contributed by atoms with Gasteiger partial charge < -0.3 is 9.55 Å². The van der Waals surface area contributed by atoms with Crippen LogP contribution in [0.25, 0.3) is 21.8 Å². The zero-order valence-corrected chi connectivity index (χ0v) is 27.1. The fourth-order valence-electron chi connectivity index (χ4n) is 7.06. The molecule has 242 valence electrons. The van der Waals surface area contributed by atoms with Crippen LogP contribution < -0.4 is 0 Å². The molecule has 0 bridgehead atoms. The summed E-state index contributed by atoms with van der Waals surface area (Å²) in [6, 6.07) is 32.4. The van der Waals surface area contributed by atoms with Crippen LogP contribution in [0.3, 0.4) is 0 Å². The number of carbonyl (C=O) groups excluding carboxylic acids is 2. The van der Waals surface area contributed by atoms with Gasteiger partial charge in [-0.15, -0.1) is 0 Å². The van der Waals surface area contributed by atoms with Crippen molar-refractivity contribution in [3.63, 3.8) is 0 Å². The molecule has 2 aliphatic rings. The molecule has 10 heteroatoms. The number of nitrogens with one attached hydrogen (secondary N) is 1. The maximum absolute atomic E-state index is 14.5. The summed E-state index contributed by atoms with van der Waals surface area (Å²) in [4.78, 5) is 33.3. The van der Waals surface area contributed by atoms with Crippen molar-refractivity contribution in [3.8, 4) is 0 Å². The van der Waals surface area contributed by atoms with E-state index in [0.29, 0.717) is 0 Å². The van der Waals surface area contributed by atoms with Gasteiger partial charge >= 0.3 is 7.82 Å². The molecule has 4 heterocycles. The number of H-pyrrole nitrogens is 1. The van der Waals surface area contributed by atoms with Crippen molar-refractivity contribution >= 4 is 41.4 Å². The molecule has 4 aromatic carbocycles. The predicted molar refractivity (Wildman–Crippen MR) is 182 cm³/mol. The minimum absolute atomic E-state index is 0.0444. The Morgan fingerprint density at radius 1 is 0.708 bits per heavy atom. The first-order valence-electron chi connectivity index (χ1n) is 16.1. The molecule has 0 radical (unpaired) electrons. The molecular weight excluding hydrogens is 625 g/mol. The first kappa shape index (κ1) is 30.5. The van der Waals surface area contributed by atoms with Crippen molar-refractivity contribution in [1.29, 1.82) is 0 Å². The molecule has 2 amide bonds. The van der Waals surface area contributed by atoms with Gasteiger partial charge in [0.05, 0.1) is 30.6 Å². The van der Waals surface area contributed by atoms with E-state index in [1.165, 1.54) is 5.56 Å². The molecule has 0 aliphatic carbocycles. The van der Waals surface area contributed by atoms with Gasteiger partial charge in [0.1, 0.15) is 6.73 Å². The van der Waals surface area contributed by atoms with E-state index in [9.17, 15) is 14.2 Å². The van der Waals surface area contributed by atoms with Gasteiger partial charge in [-0.2, -0.15) is 0 Å². The van der Waals surface area contributed by atoms with Gasteiger partial charge in [-0.3, -0.25) is 28.1 Å². The van der Waals surface area contributed by atoms with Crippen LogP contribution in [0.5, 0.6) is 0 Å². The minimum atomic E-state index is -4.26. The Kier molecular flexibility index (Phi) is 8.06. The highest BCUT2D eigenvalue weighted by Gasteiger charge is 2.51. The number of fused-ring (bicyclic) bond motifs is 1. The van der Waals surface area contributed by atoms with Crippen molar-refractivity contribution in [2.75, 3.05) is 6.73 Å². The van der Waals surface area contributed by atoms with E-state index >= 15 is 0 Å². The predicted octanol–water partition coefficient (Wildman–Crippen LogP) is 7.82. The lowest BCUT2D eigenvalue weighted by atomic mass is 9.83. The topological polar surface area (TPSA) is 103 Å². The summed E-state index contributed by atoms with van der Waals surface area (Å²) in [7, 11) is -4.26. The molecule has 9 nitrogen and oxygen atoms in total. The van der Waals surface area contributed by atoms with E-state index in [0.717, 1.165) is 68.3 Å². The van der Waals surface area contributed by atoms with Crippen molar-refractivity contribution < 1.29 is 27.7 Å². The molecular formula is C38H34N3O6P. The molecule has 2 aliphatic heterocycles. The molecule has 1 fully saturated rings. The van der Waals surface area contributed by atoms with Crippen LogP contribution in [0.2, 0.25) is 0 Å². The Bertz CT molecular complexity index is 2130. The van der Waals surface area contributed by atoms with Gasteiger partial charge in [0.2, 0.25) is 11.8 Å². The number of aryl methyl sites for hydroxylation is 2. The van der Waals surface area contributed by atoms with Crippen molar-refractivity contribution in [1.82, 2.24) is 14.5 Å². The third-order valence-corrected chi connectivity index (χ3v) is 10.7. The van der Waals surface area contributed by atoms with Crippen LogP contribution in [0.4, 0.5) is 0 Å². The normalized spacial score (nSPS) is 18.0. The Hall–Kier alpha value is -4.79. The number of phosphoric acid groups is 1. The van der Waals surface area contributed by atoms with Gasteiger partial charge in [-0.1, -0.05) is 97.1 Å². The number of benzene rings is 4. The second kappa shape index (κ2) is 12.7. The second-order valence-corrected chi connectivity index (χ2v) is 13.9. The van der Waals surface area contributed by atoms with Crippen LogP contribution in [0, 0.1) is 0 Å². The number of imide groups is 1. The van der Waals surface area contributed by atoms with Crippen molar-refractivity contribution in [2.24, 2.45) is 0 Å². The zero-order valence-electron chi connectivity index (χ0n) is 26.2. The first-order chi connectivity index (χ1) is 23.5. The van der Waals surface area contributed by atoms with Crippen LogP contribution in [-0.2, 0) is 53.9 Å². The highest BCUT2D eigenvalue weighted by molar-refractivity contribution is 7.48.